The molecule has 5 heteroatoms. The minimum atomic E-state index is -0.201. The molecule has 0 saturated carbocycles. The fourth-order valence-corrected chi connectivity index (χ4v) is 1.97. The molecule has 1 aromatic heterocycles. The fourth-order valence-electron chi connectivity index (χ4n) is 1.97. The lowest BCUT2D eigenvalue weighted by Gasteiger charge is -2.27. The Morgan fingerprint density at radius 2 is 2.40 bits per heavy atom. The second kappa shape index (κ2) is 9.05. The molecule has 1 atom stereocenters. The molecule has 0 radical (unpaired) electrons. The summed E-state index contributed by atoms with van der Waals surface area (Å²) in [6.45, 7) is 5.48. The van der Waals surface area contributed by atoms with E-state index in [1.807, 2.05) is 19.1 Å². The minimum absolute atomic E-state index is 0.0302. The molecule has 0 N–H and O–H groups in total. The number of carbonyl (C=O) groups is 1. The van der Waals surface area contributed by atoms with Crippen LogP contribution in [0.4, 0.5) is 0 Å². The Kier molecular flexibility index (Phi) is 7.30. The normalized spacial score (nSPS) is 11.9. The molecule has 0 amide bonds. The van der Waals surface area contributed by atoms with Gasteiger partial charge in [0.15, 0.2) is 0 Å². The molecule has 20 heavy (non-hydrogen) atoms. The van der Waals surface area contributed by atoms with E-state index in [9.17, 15) is 4.79 Å². The van der Waals surface area contributed by atoms with Crippen molar-refractivity contribution in [2.24, 2.45) is 0 Å². The van der Waals surface area contributed by atoms with E-state index in [0.29, 0.717) is 32.5 Å². The van der Waals surface area contributed by atoms with Gasteiger partial charge in [-0.3, -0.25) is 14.7 Å². The van der Waals surface area contributed by atoms with E-state index in [1.165, 1.54) is 0 Å². The van der Waals surface area contributed by atoms with Crippen LogP contribution >= 0.6 is 0 Å². The van der Waals surface area contributed by atoms with Crippen LogP contribution in [-0.2, 0) is 16.1 Å². The monoisotopic (exact) mass is 275 g/mol. The zero-order valence-electron chi connectivity index (χ0n) is 12.1. The Morgan fingerprint density at radius 3 is 3.00 bits per heavy atom. The predicted molar refractivity (Wildman–Crippen MR) is 75.6 cm³/mol. The molecule has 0 spiro atoms. The van der Waals surface area contributed by atoms with Gasteiger partial charge in [0.05, 0.1) is 19.1 Å². The second-order valence-electron chi connectivity index (χ2n) is 4.60. The molecule has 1 rings (SSSR count). The highest BCUT2D eigenvalue weighted by Gasteiger charge is 2.18. The first-order valence-corrected chi connectivity index (χ1v) is 6.82. The molecule has 1 unspecified atom stereocenters. The largest absolute Gasteiger partial charge is 0.466 e. The number of hydrogen-bond acceptors (Lipinski definition) is 5. The number of nitriles is 1. The molecular weight excluding hydrogens is 254 g/mol. The number of aromatic nitrogens is 1. The van der Waals surface area contributed by atoms with E-state index >= 15 is 0 Å². The van der Waals surface area contributed by atoms with Crippen LogP contribution in [0.2, 0.25) is 0 Å². The number of esters is 1. The van der Waals surface area contributed by atoms with Crippen molar-refractivity contribution in [1.82, 2.24) is 9.88 Å². The smallest absolute Gasteiger partial charge is 0.307 e. The van der Waals surface area contributed by atoms with E-state index in [2.05, 4.69) is 16.0 Å². The summed E-state index contributed by atoms with van der Waals surface area (Å²) < 4.78 is 4.97. The molecule has 1 aromatic rings. The van der Waals surface area contributed by atoms with Crippen molar-refractivity contribution in [1.29, 1.82) is 5.26 Å². The number of ether oxygens (including phenoxy) is 1. The van der Waals surface area contributed by atoms with Gasteiger partial charge in [0.1, 0.15) is 0 Å². The van der Waals surface area contributed by atoms with E-state index in [1.54, 1.807) is 19.3 Å². The topological polar surface area (TPSA) is 66.2 Å². The van der Waals surface area contributed by atoms with Crippen LogP contribution in [0.15, 0.2) is 24.5 Å². The summed E-state index contributed by atoms with van der Waals surface area (Å²) in [5.74, 6) is -0.201. The lowest BCUT2D eigenvalue weighted by molar-refractivity contribution is -0.144. The highest BCUT2D eigenvalue weighted by Crippen LogP contribution is 2.11. The average Bonchev–Trinajstić information content (AvgIpc) is 2.44. The molecule has 0 saturated heterocycles. The molecule has 0 bridgehead atoms. The van der Waals surface area contributed by atoms with E-state index < -0.39 is 0 Å². The van der Waals surface area contributed by atoms with Crippen molar-refractivity contribution in [3.8, 4) is 6.07 Å². The summed E-state index contributed by atoms with van der Waals surface area (Å²) in [5, 5.41) is 8.75. The van der Waals surface area contributed by atoms with E-state index in [0.717, 1.165) is 5.56 Å². The molecule has 0 aliphatic carbocycles. The molecule has 5 nitrogen and oxygen atoms in total. The highest BCUT2D eigenvalue weighted by atomic mass is 16.5. The second-order valence-corrected chi connectivity index (χ2v) is 4.60. The van der Waals surface area contributed by atoms with Crippen molar-refractivity contribution in [3.63, 3.8) is 0 Å². The third-order valence-electron chi connectivity index (χ3n) is 3.01. The third kappa shape index (κ3) is 5.81. The molecule has 0 aliphatic rings. The summed E-state index contributed by atoms with van der Waals surface area (Å²) in [6.07, 6.45) is 4.30. The first-order valence-electron chi connectivity index (χ1n) is 6.82. The van der Waals surface area contributed by atoms with Crippen LogP contribution in [-0.4, -0.2) is 35.0 Å². The van der Waals surface area contributed by atoms with Gasteiger partial charge >= 0.3 is 5.97 Å². The van der Waals surface area contributed by atoms with Gasteiger partial charge in [0.25, 0.3) is 0 Å². The van der Waals surface area contributed by atoms with Crippen molar-refractivity contribution in [2.45, 2.75) is 39.3 Å². The van der Waals surface area contributed by atoms with Gasteiger partial charge in [0, 0.05) is 37.9 Å². The first-order chi connectivity index (χ1) is 9.67. The summed E-state index contributed by atoms with van der Waals surface area (Å²) in [4.78, 5) is 17.8. The number of pyridine rings is 1. The molecule has 108 valence electrons. The van der Waals surface area contributed by atoms with Gasteiger partial charge in [-0.2, -0.15) is 5.26 Å². The Hall–Kier alpha value is -1.93. The summed E-state index contributed by atoms with van der Waals surface area (Å²) in [6, 6.07) is 6.05. The maximum absolute atomic E-state index is 11.6. The van der Waals surface area contributed by atoms with Crippen molar-refractivity contribution in [2.75, 3.05) is 13.2 Å². The van der Waals surface area contributed by atoms with Crippen LogP contribution in [0.3, 0.4) is 0 Å². The Balaban J connectivity index is 2.63. The predicted octanol–water partition coefficient (Wildman–Crippen LogP) is 2.14. The average molecular weight is 275 g/mol. The van der Waals surface area contributed by atoms with Gasteiger partial charge in [-0.15, -0.1) is 0 Å². The van der Waals surface area contributed by atoms with Gasteiger partial charge in [0.2, 0.25) is 0 Å². The molecule has 0 aromatic carbocycles. The number of hydrogen-bond donors (Lipinski definition) is 0. The van der Waals surface area contributed by atoms with Gasteiger partial charge in [-0.25, -0.2) is 0 Å². The fraction of sp³-hybridized carbons (Fsp3) is 0.533. The van der Waals surface area contributed by atoms with Crippen molar-refractivity contribution < 1.29 is 9.53 Å². The Bertz CT molecular complexity index is 442. The van der Waals surface area contributed by atoms with Crippen LogP contribution in [0, 0.1) is 11.3 Å². The maximum atomic E-state index is 11.6. The lowest BCUT2D eigenvalue weighted by atomic mass is 10.1. The lowest BCUT2D eigenvalue weighted by Crippen LogP contribution is -2.35. The van der Waals surface area contributed by atoms with Crippen LogP contribution < -0.4 is 0 Å². The summed E-state index contributed by atoms with van der Waals surface area (Å²) in [5.41, 5.74) is 1.07. The third-order valence-corrected chi connectivity index (χ3v) is 3.01. The molecular formula is C15H21N3O2. The van der Waals surface area contributed by atoms with Crippen LogP contribution in [0.25, 0.3) is 0 Å². The number of rotatable bonds is 8. The number of nitrogens with zero attached hydrogens (tertiary/aromatic N) is 3. The summed E-state index contributed by atoms with van der Waals surface area (Å²) >= 11 is 0. The van der Waals surface area contributed by atoms with Crippen molar-refractivity contribution in [3.05, 3.63) is 30.1 Å². The summed E-state index contributed by atoms with van der Waals surface area (Å²) in [7, 11) is 0. The molecule has 0 aliphatic heterocycles. The van der Waals surface area contributed by atoms with Crippen molar-refractivity contribution >= 4 is 5.97 Å². The SMILES string of the molecule is CCOC(=O)CC(C)N(CCC#N)Cc1cccnc1. The maximum Gasteiger partial charge on any atom is 0.307 e. The van der Waals surface area contributed by atoms with Crippen LogP contribution in [0.1, 0.15) is 32.3 Å². The zero-order chi connectivity index (χ0) is 14.8. The highest BCUT2D eigenvalue weighted by molar-refractivity contribution is 5.70. The van der Waals surface area contributed by atoms with Gasteiger partial charge < -0.3 is 4.74 Å². The molecule has 0 fully saturated rings. The van der Waals surface area contributed by atoms with Crippen LogP contribution in [0.5, 0.6) is 0 Å². The van der Waals surface area contributed by atoms with E-state index in [-0.39, 0.29) is 12.0 Å². The number of carbonyl (C=O) groups excluding carboxylic acids is 1. The standard InChI is InChI=1S/C15H21N3O2/c1-3-20-15(19)10-13(2)18(9-5-7-16)12-14-6-4-8-17-11-14/h4,6,8,11,13H,3,5,9-10,12H2,1-2H3. The van der Waals surface area contributed by atoms with Gasteiger partial charge in [-0.1, -0.05) is 6.07 Å². The quantitative estimate of drug-likeness (QED) is 0.680. The minimum Gasteiger partial charge on any atom is -0.466 e. The first kappa shape index (κ1) is 16.1. The van der Waals surface area contributed by atoms with E-state index in [4.69, 9.17) is 10.00 Å². The Morgan fingerprint density at radius 1 is 1.60 bits per heavy atom. The zero-order valence-corrected chi connectivity index (χ0v) is 12.1. The Labute approximate surface area is 120 Å². The molecule has 1 heterocycles. The van der Waals surface area contributed by atoms with Gasteiger partial charge in [-0.05, 0) is 25.5 Å².